The molecule has 18 heavy (non-hydrogen) atoms. The van der Waals surface area contributed by atoms with Crippen molar-refractivity contribution in [3.63, 3.8) is 0 Å². The number of guanidine groups is 1. The summed E-state index contributed by atoms with van der Waals surface area (Å²) in [7, 11) is 0. The predicted molar refractivity (Wildman–Crippen MR) is 69.6 cm³/mol. The summed E-state index contributed by atoms with van der Waals surface area (Å²) in [6.07, 6.45) is 0. The molecule has 0 saturated carbocycles. The highest BCUT2D eigenvalue weighted by Crippen LogP contribution is 2.02. The Kier molecular flexibility index (Phi) is 4.55. The van der Waals surface area contributed by atoms with Crippen LogP contribution in [0, 0.1) is 0 Å². The number of amides is 1. The standard InChI is InChI=1S/C12H14ClN3O2/c13-15-12(16-6-8-18-9-7-16)14-11(17)10-4-2-1-3-5-10/h1-5H,6-9H2,(H,14,15,17). The smallest absolute Gasteiger partial charge is 0.257 e. The van der Waals surface area contributed by atoms with Crippen molar-refractivity contribution < 1.29 is 9.53 Å². The Morgan fingerprint density at radius 1 is 1.28 bits per heavy atom. The number of nitrogens with one attached hydrogen (secondary N) is 1. The highest BCUT2D eigenvalue weighted by molar-refractivity contribution is 6.21. The molecule has 5 nitrogen and oxygen atoms in total. The first-order chi connectivity index (χ1) is 8.81. The van der Waals surface area contributed by atoms with Gasteiger partial charge in [-0.05, 0) is 12.1 Å². The molecular weight excluding hydrogens is 254 g/mol. The van der Waals surface area contributed by atoms with Gasteiger partial charge >= 0.3 is 0 Å². The van der Waals surface area contributed by atoms with Crippen LogP contribution in [0.2, 0.25) is 0 Å². The summed E-state index contributed by atoms with van der Waals surface area (Å²) in [4.78, 5) is 13.8. The third-order valence-corrected chi connectivity index (χ3v) is 2.81. The molecule has 1 aliphatic rings. The summed E-state index contributed by atoms with van der Waals surface area (Å²) in [6, 6.07) is 8.94. The second-order valence-electron chi connectivity index (χ2n) is 3.83. The van der Waals surface area contributed by atoms with Crippen LogP contribution in [-0.2, 0) is 4.74 Å². The molecule has 0 atom stereocenters. The van der Waals surface area contributed by atoms with Crippen molar-refractivity contribution >= 4 is 23.6 Å². The lowest BCUT2D eigenvalue weighted by atomic mass is 10.2. The number of carbonyl (C=O) groups excluding carboxylic acids is 1. The van der Waals surface area contributed by atoms with Crippen LogP contribution in [0.4, 0.5) is 0 Å². The average Bonchev–Trinajstić information content (AvgIpc) is 2.46. The van der Waals surface area contributed by atoms with Crippen LogP contribution in [0.25, 0.3) is 0 Å². The predicted octanol–water partition coefficient (Wildman–Crippen LogP) is 1.26. The van der Waals surface area contributed by atoms with Crippen molar-refractivity contribution in [3.8, 4) is 0 Å². The van der Waals surface area contributed by atoms with Crippen molar-refractivity contribution in [2.75, 3.05) is 26.3 Å². The Morgan fingerprint density at radius 2 is 1.94 bits per heavy atom. The number of hydrogen-bond acceptors (Lipinski definition) is 3. The molecule has 0 aromatic heterocycles. The topological polar surface area (TPSA) is 53.9 Å². The third-order valence-electron chi connectivity index (χ3n) is 2.65. The number of hydrogen-bond donors (Lipinski definition) is 1. The van der Waals surface area contributed by atoms with E-state index in [1.165, 1.54) is 0 Å². The van der Waals surface area contributed by atoms with Crippen molar-refractivity contribution in [2.45, 2.75) is 0 Å². The monoisotopic (exact) mass is 267 g/mol. The minimum Gasteiger partial charge on any atom is -0.378 e. The van der Waals surface area contributed by atoms with Gasteiger partial charge < -0.3 is 9.64 Å². The molecule has 96 valence electrons. The van der Waals surface area contributed by atoms with Gasteiger partial charge in [0.15, 0.2) is 0 Å². The Morgan fingerprint density at radius 3 is 2.56 bits per heavy atom. The van der Waals surface area contributed by atoms with Crippen LogP contribution in [0.15, 0.2) is 34.8 Å². The molecule has 0 radical (unpaired) electrons. The quantitative estimate of drug-likeness (QED) is 0.616. The fraction of sp³-hybridized carbons (Fsp3) is 0.333. The van der Waals surface area contributed by atoms with Crippen molar-refractivity contribution in [3.05, 3.63) is 35.9 Å². The molecular formula is C12H14ClN3O2. The molecule has 1 saturated heterocycles. The number of ether oxygens (including phenoxy) is 1. The van der Waals surface area contributed by atoms with Crippen LogP contribution in [0.5, 0.6) is 0 Å². The van der Waals surface area contributed by atoms with Gasteiger partial charge in [0.2, 0.25) is 5.96 Å². The molecule has 1 amide bonds. The van der Waals surface area contributed by atoms with Gasteiger partial charge in [-0.25, -0.2) is 0 Å². The van der Waals surface area contributed by atoms with Gasteiger partial charge in [0, 0.05) is 30.4 Å². The second-order valence-corrected chi connectivity index (χ2v) is 4.00. The zero-order valence-corrected chi connectivity index (χ0v) is 10.6. The third kappa shape index (κ3) is 3.21. The van der Waals surface area contributed by atoms with Gasteiger partial charge in [-0.2, -0.15) is 0 Å². The SMILES string of the molecule is O=C(NC(=NCl)N1CCOCC1)c1ccccc1. The highest BCUT2D eigenvalue weighted by Gasteiger charge is 2.17. The highest BCUT2D eigenvalue weighted by atomic mass is 35.5. The average molecular weight is 268 g/mol. The molecule has 0 spiro atoms. The molecule has 2 rings (SSSR count). The first-order valence-electron chi connectivity index (χ1n) is 5.69. The molecule has 1 fully saturated rings. The lowest BCUT2D eigenvalue weighted by Gasteiger charge is -2.28. The van der Waals surface area contributed by atoms with E-state index in [1.54, 1.807) is 24.3 Å². The second kappa shape index (κ2) is 6.37. The van der Waals surface area contributed by atoms with Crippen LogP contribution < -0.4 is 5.32 Å². The Hall–Kier alpha value is -1.59. The Labute approximate surface area is 111 Å². The molecule has 0 bridgehead atoms. The number of benzene rings is 1. The Bertz CT molecular complexity index is 430. The van der Waals surface area contributed by atoms with Crippen LogP contribution >= 0.6 is 11.8 Å². The molecule has 0 aliphatic carbocycles. The van der Waals surface area contributed by atoms with Crippen LogP contribution in [0.1, 0.15) is 10.4 Å². The van der Waals surface area contributed by atoms with Gasteiger partial charge in [-0.1, -0.05) is 18.2 Å². The first kappa shape index (κ1) is 12.9. The fourth-order valence-electron chi connectivity index (χ4n) is 1.69. The zero-order valence-electron chi connectivity index (χ0n) is 9.80. The van der Waals surface area contributed by atoms with E-state index in [-0.39, 0.29) is 5.91 Å². The summed E-state index contributed by atoms with van der Waals surface area (Å²) in [5, 5.41) is 2.70. The van der Waals surface area contributed by atoms with Crippen molar-refractivity contribution in [1.82, 2.24) is 10.2 Å². The molecule has 1 aromatic carbocycles. The molecule has 1 N–H and O–H groups in total. The number of nitrogens with zero attached hydrogens (tertiary/aromatic N) is 2. The number of carbonyl (C=O) groups is 1. The number of halogens is 1. The van der Waals surface area contributed by atoms with E-state index in [1.807, 2.05) is 11.0 Å². The minimum atomic E-state index is -0.221. The van der Waals surface area contributed by atoms with Gasteiger partial charge in [-0.3, -0.25) is 10.1 Å². The van der Waals surface area contributed by atoms with E-state index in [0.717, 1.165) is 0 Å². The van der Waals surface area contributed by atoms with Crippen LogP contribution in [0.3, 0.4) is 0 Å². The Balaban J connectivity index is 2.00. The first-order valence-corrected chi connectivity index (χ1v) is 6.03. The fourth-order valence-corrected chi connectivity index (χ4v) is 1.84. The molecule has 1 aromatic rings. The van der Waals surface area contributed by atoms with E-state index in [9.17, 15) is 4.79 Å². The molecule has 6 heteroatoms. The maximum atomic E-state index is 11.9. The summed E-state index contributed by atoms with van der Waals surface area (Å²) >= 11 is 5.52. The number of morpholine rings is 1. The van der Waals surface area contributed by atoms with E-state index < -0.39 is 0 Å². The van der Waals surface area contributed by atoms with Gasteiger partial charge in [0.05, 0.1) is 13.2 Å². The molecule has 1 aliphatic heterocycles. The van der Waals surface area contributed by atoms with Crippen molar-refractivity contribution in [1.29, 1.82) is 0 Å². The minimum absolute atomic E-state index is 0.221. The lowest BCUT2D eigenvalue weighted by molar-refractivity contribution is 0.0658. The largest absolute Gasteiger partial charge is 0.378 e. The summed E-state index contributed by atoms with van der Waals surface area (Å²) < 4.78 is 8.84. The van der Waals surface area contributed by atoms with E-state index >= 15 is 0 Å². The lowest BCUT2D eigenvalue weighted by Crippen LogP contribution is -2.48. The summed E-state index contributed by atoms with van der Waals surface area (Å²) in [6.45, 7) is 2.55. The normalized spacial score (nSPS) is 16.5. The molecule has 0 unspecified atom stereocenters. The van der Waals surface area contributed by atoms with Gasteiger partial charge in [0.25, 0.3) is 5.91 Å². The zero-order chi connectivity index (χ0) is 12.8. The van der Waals surface area contributed by atoms with E-state index in [2.05, 4.69) is 9.83 Å². The van der Waals surface area contributed by atoms with E-state index in [0.29, 0.717) is 37.8 Å². The summed E-state index contributed by atoms with van der Waals surface area (Å²) in [5.41, 5.74) is 0.573. The number of rotatable bonds is 1. The summed E-state index contributed by atoms with van der Waals surface area (Å²) in [5.74, 6) is 0.148. The molecule has 1 heterocycles. The van der Waals surface area contributed by atoms with Gasteiger partial charge in [0.1, 0.15) is 0 Å². The van der Waals surface area contributed by atoms with Crippen molar-refractivity contribution in [2.24, 2.45) is 4.51 Å². The van der Waals surface area contributed by atoms with Crippen LogP contribution in [-0.4, -0.2) is 43.1 Å². The van der Waals surface area contributed by atoms with E-state index in [4.69, 9.17) is 16.5 Å². The maximum absolute atomic E-state index is 11.9. The van der Waals surface area contributed by atoms with Gasteiger partial charge in [-0.15, -0.1) is 4.51 Å². The maximum Gasteiger partial charge on any atom is 0.257 e.